The van der Waals surface area contributed by atoms with Crippen LogP contribution in [0.4, 0.5) is 0 Å². The Balaban J connectivity index is 1.84. The number of nitrogens with one attached hydrogen (secondary N) is 1. The van der Waals surface area contributed by atoms with E-state index in [0.717, 1.165) is 5.02 Å². The molecular weight excluding hydrogens is 218 g/mol. The van der Waals surface area contributed by atoms with Gasteiger partial charge in [-0.05, 0) is 43.4 Å². The highest BCUT2D eigenvalue weighted by Gasteiger charge is 2.30. The van der Waals surface area contributed by atoms with Crippen LogP contribution in [-0.4, -0.2) is 12.1 Å². The molecule has 1 aliphatic rings. The predicted octanol–water partition coefficient (Wildman–Crippen LogP) is 3.20. The van der Waals surface area contributed by atoms with Crippen molar-refractivity contribution in [2.45, 2.75) is 37.8 Å². The second kappa shape index (κ2) is 4.91. The van der Waals surface area contributed by atoms with E-state index in [1.54, 1.807) is 0 Å². The number of benzene rings is 1. The summed E-state index contributed by atoms with van der Waals surface area (Å²) in [6.45, 7) is 2.02. The molecule has 1 fully saturated rings. The summed E-state index contributed by atoms with van der Waals surface area (Å²) in [6.07, 6.45) is 7.68. The first-order valence-corrected chi connectivity index (χ1v) is 6.04. The van der Waals surface area contributed by atoms with Gasteiger partial charge in [-0.25, -0.2) is 0 Å². The summed E-state index contributed by atoms with van der Waals surface area (Å²) in [5.74, 6) is 3.36. The summed E-state index contributed by atoms with van der Waals surface area (Å²) in [5, 5.41) is 4.22. The van der Waals surface area contributed by atoms with Crippen LogP contribution in [0.15, 0.2) is 24.3 Å². The van der Waals surface area contributed by atoms with Gasteiger partial charge in [-0.1, -0.05) is 29.7 Å². The number of rotatable bonds is 3. The van der Waals surface area contributed by atoms with Gasteiger partial charge < -0.3 is 5.32 Å². The molecular formula is C14H16ClN. The van der Waals surface area contributed by atoms with Gasteiger partial charge in [-0.3, -0.25) is 0 Å². The van der Waals surface area contributed by atoms with E-state index in [4.69, 9.17) is 18.0 Å². The van der Waals surface area contributed by atoms with Crippen molar-refractivity contribution in [1.29, 1.82) is 0 Å². The van der Waals surface area contributed by atoms with Crippen LogP contribution in [0.5, 0.6) is 0 Å². The molecule has 0 amide bonds. The van der Waals surface area contributed by atoms with Gasteiger partial charge in [0.15, 0.2) is 0 Å². The molecule has 0 saturated heterocycles. The number of hydrogen-bond donors (Lipinski definition) is 1. The molecule has 1 nitrogen and oxygen atoms in total. The molecule has 0 aromatic heterocycles. The Morgan fingerprint density at radius 3 is 2.56 bits per heavy atom. The zero-order chi connectivity index (χ0) is 11.5. The molecule has 0 heterocycles. The fraction of sp³-hybridized carbons (Fsp3) is 0.429. The zero-order valence-electron chi connectivity index (χ0n) is 9.41. The highest BCUT2D eigenvalue weighted by atomic mass is 35.5. The Kier molecular flexibility index (Phi) is 3.53. The van der Waals surface area contributed by atoms with Crippen molar-refractivity contribution in [3.63, 3.8) is 0 Å². The van der Waals surface area contributed by atoms with Gasteiger partial charge in [0.1, 0.15) is 0 Å². The monoisotopic (exact) mass is 233 g/mol. The number of terminal acetylenes is 1. The molecule has 2 heteroatoms. The maximum absolute atomic E-state index is 5.86. The highest BCUT2D eigenvalue weighted by molar-refractivity contribution is 6.30. The summed E-state index contributed by atoms with van der Waals surface area (Å²) < 4.78 is 0. The van der Waals surface area contributed by atoms with Gasteiger partial charge >= 0.3 is 0 Å². The fourth-order valence-electron chi connectivity index (χ4n) is 2.16. The van der Waals surface area contributed by atoms with Crippen LogP contribution in [0, 0.1) is 12.3 Å². The van der Waals surface area contributed by atoms with E-state index in [-0.39, 0.29) is 6.04 Å². The molecule has 0 bridgehead atoms. The second-order valence-corrected chi connectivity index (χ2v) is 4.91. The summed E-state index contributed by atoms with van der Waals surface area (Å²) in [7, 11) is 0. The minimum absolute atomic E-state index is 0.177. The lowest BCUT2D eigenvalue weighted by molar-refractivity contribution is 0.284. The molecule has 1 N–H and O–H groups in total. The number of hydrogen-bond acceptors (Lipinski definition) is 1. The van der Waals surface area contributed by atoms with Crippen molar-refractivity contribution in [3.05, 3.63) is 34.9 Å². The molecule has 1 aromatic rings. The first-order valence-electron chi connectivity index (χ1n) is 5.66. The van der Waals surface area contributed by atoms with Gasteiger partial charge in [0.2, 0.25) is 0 Å². The second-order valence-electron chi connectivity index (χ2n) is 4.47. The Hall–Kier alpha value is -0.970. The maximum atomic E-state index is 5.86. The summed E-state index contributed by atoms with van der Waals surface area (Å²) in [6, 6.07) is 8.91. The van der Waals surface area contributed by atoms with Crippen molar-refractivity contribution < 1.29 is 0 Å². The third-order valence-corrected chi connectivity index (χ3v) is 3.47. The largest absolute Gasteiger partial charge is 0.301 e. The van der Waals surface area contributed by atoms with Crippen LogP contribution >= 0.6 is 11.6 Å². The normalized spacial score (nSPS) is 25.6. The average Bonchev–Trinajstić information content (AvgIpc) is 2.24. The van der Waals surface area contributed by atoms with Crippen LogP contribution in [0.1, 0.15) is 31.2 Å². The molecule has 1 aromatic carbocycles. The number of halogens is 1. The lowest BCUT2D eigenvalue weighted by Crippen LogP contribution is -2.43. The quantitative estimate of drug-likeness (QED) is 0.791. The minimum atomic E-state index is 0.177. The van der Waals surface area contributed by atoms with Crippen molar-refractivity contribution >= 4 is 11.6 Å². The molecule has 1 atom stereocenters. The predicted molar refractivity (Wildman–Crippen MR) is 68.6 cm³/mol. The molecule has 16 heavy (non-hydrogen) atoms. The average molecular weight is 234 g/mol. The molecule has 1 aliphatic carbocycles. The SMILES string of the molecule is C#CC(C)NC1CC(c2ccc(Cl)cc2)C1. The van der Waals surface area contributed by atoms with Gasteiger partial charge in [0.25, 0.3) is 0 Å². The van der Waals surface area contributed by atoms with Crippen molar-refractivity contribution in [2.24, 2.45) is 0 Å². The van der Waals surface area contributed by atoms with E-state index in [1.807, 2.05) is 19.1 Å². The Labute approximate surface area is 102 Å². The van der Waals surface area contributed by atoms with Gasteiger partial charge in [0, 0.05) is 11.1 Å². The Morgan fingerprint density at radius 1 is 1.38 bits per heavy atom. The van der Waals surface area contributed by atoms with Crippen molar-refractivity contribution in [2.75, 3.05) is 0 Å². The molecule has 2 rings (SSSR count). The van der Waals surface area contributed by atoms with E-state index in [0.29, 0.717) is 12.0 Å². The smallest absolute Gasteiger partial charge is 0.0660 e. The topological polar surface area (TPSA) is 12.0 Å². The van der Waals surface area contributed by atoms with Crippen LogP contribution in [0.25, 0.3) is 0 Å². The first-order chi connectivity index (χ1) is 7.69. The van der Waals surface area contributed by atoms with Crippen molar-refractivity contribution in [3.8, 4) is 12.3 Å². The van der Waals surface area contributed by atoms with E-state index < -0.39 is 0 Å². The van der Waals surface area contributed by atoms with E-state index >= 15 is 0 Å². The van der Waals surface area contributed by atoms with Gasteiger partial charge in [0.05, 0.1) is 6.04 Å². The van der Waals surface area contributed by atoms with Crippen LogP contribution < -0.4 is 5.32 Å². The standard InChI is InChI=1S/C14H16ClN/c1-3-10(2)16-14-8-12(9-14)11-4-6-13(15)7-5-11/h1,4-7,10,12,14,16H,8-9H2,2H3. The van der Waals surface area contributed by atoms with Gasteiger partial charge in [-0.15, -0.1) is 6.42 Å². The molecule has 0 spiro atoms. The molecule has 0 radical (unpaired) electrons. The molecule has 1 saturated carbocycles. The molecule has 0 aliphatic heterocycles. The zero-order valence-corrected chi connectivity index (χ0v) is 10.2. The maximum Gasteiger partial charge on any atom is 0.0660 e. The lowest BCUT2D eigenvalue weighted by atomic mass is 9.75. The summed E-state index contributed by atoms with van der Waals surface area (Å²) in [5.41, 5.74) is 1.39. The van der Waals surface area contributed by atoms with E-state index in [2.05, 4.69) is 23.4 Å². The van der Waals surface area contributed by atoms with E-state index in [9.17, 15) is 0 Å². The third kappa shape index (κ3) is 2.58. The summed E-state index contributed by atoms with van der Waals surface area (Å²) in [4.78, 5) is 0. The van der Waals surface area contributed by atoms with Crippen LogP contribution in [-0.2, 0) is 0 Å². The summed E-state index contributed by atoms with van der Waals surface area (Å²) >= 11 is 5.86. The lowest BCUT2D eigenvalue weighted by Gasteiger charge is -2.37. The van der Waals surface area contributed by atoms with Gasteiger partial charge in [-0.2, -0.15) is 0 Å². The van der Waals surface area contributed by atoms with E-state index in [1.165, 1.54) is 18.4 Å². The first kappa shape index (κ1) is 11.5. The fourth-order valence-corrected chi connectivity index (χ4v) is 2.29. The minimum Gasteiger partial charge on any atom is -0.301 e. The third-order valence-electron chi connectivity index (χ3n) is 3.22. The van der Waals surface area contributed by atoms with Crippen LogP contribution in [0.3, 0.4) is 0 Å². The Bertz CT molecular complexity index is 384. The Morgan fingerprint density at radius 2 is 2.00 bits per heavy atom. The van der Waals surface area contributed by atoms with Crippen molar-refractivity contribution in [1.82, 2.24) is 5.32 Å². The molecule has 1 unspecified atom stereocenters. The molecule has 84 valence electrons. The van der Waals surface area contributed by atoms with Crippen LogP contribution in [0.2, 0.25) is 5.02 Å². The highest BCUT2D eigenvalue weighted by Crippen LogP contribution is 2.37.